The Hall–Kier alpha value is -3.57. The Bertz CT molecular complexity index is 1220. The molecule has 1 aliphatic heterocycles. The molecule has 2 heterocycles. The van der Waals surface area contributed by atoms with Gasteiger partial charge in [-0.3, -0.25) is 4.98 Å². The average molecular weight is 442 g/mol. The van der Waals surface area contributed by atoms with Gasteiger partial charge in [0.15, 0.2) is 0 Å². The molecule has 3 N–H and O–H groups in total. The van der Waals surface area contributed by atoms with Crippen molar-refractivity contribution in [3.63, 3.8) is 0 Å². The zero-order valence-corrected chi connectivity index (χ0v) is 18.4. The van der Waals surface area contributed by atoms with E-state index in [0.717, 1.165) is 27.6 Å². The summed E-state index contributed by atoms with van der Waals surface area (Å²) in [7, 11) is 0. The van der Waals surface area contributed by atoms with E-state index >= 15 is 0 Å². The minimum Gasteiger partial charge on any atom is -0.633 e. The third kappa shape index (κ3) is 5.26. The first-order valence-corrected chi connectivity index (χ1v) is 11.1. The summed E-state index contributed by atoms with van der Waals surface area (Å²) in [6.07, 6.45) is 7.70. The van der Waals surface area contributed by atoms with Crippen LogP contribution in [0.25, 0.3) is 21.9 Å². The van der Waals surface area contributed by atoms with Crippen LogP contribution in [0, 0.1) is 21.9 Å². The van der Waals surface area contributed by atoms with Crippen LogP contribution < -0.4 is 10.5 Å². The predicted octanol–water partition coefficient (Wildman–Crippen LogP) is 4.16. The normalized spacial score (nSPS) is 20.9. The number of benzene rings is 2. The smallest absolute Gasteiger partial charge is 0.129 e. The molecule has 1 aromatic heterocycles. The molecule has 33 heavy (non-hydrogen) atoms. The molecule has 1 aliphatic rings. The molecular weight excluding hydrogens is 414 g/mol. The Morgan fingerprint density at radius 1 is 1.24 bits per heavy atom. The van der Waals surface area contributed by atoms with E-state index in [1.54, 1.807) is 24.5 Å². The molecule has 0 unspecified atom stereocenters. The van der Waals surface area contributed by atoms with E-state index in [1.165, 1.54) is 6.21 Å². The first-order chi connectivity index (χ1) is 16.0. The van der Waals surface area contributed by atoms with Crippen molar-refractivity contribution in [1.29, 1.82) is 10.7 Å². The highest BCUT2D eigenvalue weighted by molar-refractivity contribution is 5.92. The summed E-state index contributed by atoms with van der Waals surface area (Å²) < 4.78 is 6.07. The van der Waals surface area contributed by atoms with Gasteiger partial charge >= 0.3 is 0 Å². The lowest BCUT2D eigenvalue weighted by Crippen LogP contribution is -2.51. The predicted molar refractivity (Wildman–Crippen MR) is 130 cm³/mol. The summed E-state index contributed by atoms with van der Waals surface area (Å²) in [5, 5.41) is 31.8. The largest absolute Gasteiger partial charge is 0.633 e. The van der Waals surface area contributed by atoms with Crippen molar-refractivity contribution in [1.82, 2.24) is 4.98 Å². The van der Waals surface area contributed by atoms with E-state index in [2.05, 4.69) is 17.1 Å². The Morgan fingerprint density at radius 3 is 2.79 bits per heavy atom. The molecule has 2 aromatic carbocycles. The Labute approximate surface area is 193 Å². The van der Waals surface area contributed by atoms with Gasteiger partial charge in [-0.1, -0.05) is 18.2 Å². The second-order valence-corrected chi connectivity index (χ2v) is 8.40. The number of nitrogens with one attached hydrogen (secondary N) is 1. The number of fused-ring (bicyclic) bond motifs is 1. The monoisotopic (exact) mass is 441 g/mol. The molecule has 0 saturated carbocycles. The second-order valence-electron chi connectivity index (χ2n) is 8.40. The number of nitriles is 1. The number of nitrogens with two attached hydrogens (primary N) is 1. The van der Waals surface area contributed by atoms with Crippen molar-refractivity contribution in [2.75, 3.05) is 26.2 Å². The molecule has 0 amide bonds. The van der Waals surface area contributed by atoms with Gasteiger partial charge in [0.25, 0.3) is 0 Å². The van der Waals surface area contributed by atoms with Crippen molar-refractivity contribution in [3.8, 4) is 22.9 Å². The van der Waals surface area contributed by atoms with E-state index < -0.39 is 0 Å². The standard InChI is InChI=1S/C26H27N5O2/c27-8-4-20(16-29)18-31(32)10-6-24(7-11-31)33-26-14-23(13-22-5-9-30-17-25(22)26)21-3-1-2-19(12-21)15-28/h1-5,9,12-14,16-17,24,29H,6-8,10-11,18,27H2/b20-4+,29-16?. The van der Waals surface area contributed by atoms with Crippen LogP contribution in [-0.2, 0) is 0 Å². The summed E-state index contributed by atoms with van der Waals surface area (Å²) in [6.45, 7) is 1.46. The zero-order valence-electron chi connectivity index (χ0n) is 18.4. The van der Waals surface area contributed by atoms with Crippen molar-refractivity contribution >= 4 is 17.0 Å². The number of nitrogens with zero attached hydrogens (tertiary/aromatic N) is 3. The number of pyridine rings is 1. The van der Waals surface area contributed by atoms with Gasteiger partial charge in [-0.05, 0) is 46.8 Å². The van der Waals surface area contributed by atoms with Gasteiger partial charge in [0.2, 0.25) is 0 Å². The fourth-order valence-electron chi connectivity index (χ4n) is 4.32. The minimum atomic E-state index is -0.357. The topological polar surface area (TPSA) is 119 Å². The van der Waals surface area contributed by atoms with Gasteiger partial charge in [-0.15, -0.1) is 0 Å². The second kappa shape index (κ2) is 9.92. The highest BCUT2D eigenvalue weighted by Crippen LogP contribution is 2.34. The Morgan fingerprint density at radius 2 is 2.06 bits per heavy atom. The number of likely N-dealkylation sites (tertiary alicyclic amines) is 1. The molecule has 0 bridgehead atoms. The molecule has 0 atom stereocenters. The van der Waals surface area contributed by atoms with Crippen molar-refractivity contribution in [3.05, 3.63) is 77.3 Å². The van der Waals surface area contributed by atoms with Crippen LogP contribution in [0.15, 0.2) is 66.5 Å². The molecule has 0 spiro atoms. The van der Waals surface area contributed by atoms with E-state index in [0.29, 0.717) is 43.6 Å². The number of hydroxylamine groups is 3. The van der Waals surface area contributed by atoms with Crippen LogP contribution >= 0.6 is 0 Å². The molecule has 1 saturated heterocycles. The van der Waals surface area contributed by atoms with Gasteiger partial charge in [0.1, 0.15) is 18.4 Å². The first kappa shape index (κ1) is 22.6. The Kier molecular flexibility index (Phi) is 6.80. The van der Waals surface area contributed by atoms with E-state index in [4.69, 9.17) is 15.9 Å². The van der Waals surface area contributed by atoms with Gasteiger partial charge in [-0.25, -0.2) is 0 Å². The van der Waals surface area contributed by atoms with E-state index in [1.807, 2.05) is 30.3 Å². The quantitative estimate of drug-likeness (QED) is 0.324. The zero-order chi connectivity index (χ0) is 23.3. The molecule has 7 nitrogen and oxygen atoms in total. The van der Waals surface area contributed by atoms with Crippen molar-refractivity contribution in [2.24, 2.45) is 5.73 Å². The van der Waals surface area contributed by atoms with E-state index in [9.17, 15) is 10.5 Å². The summed E-state index contributed by atoms with van der Waals surface area (Å²) >= 11 is 0. The molecule has 4 rings (SSSR count). The van der Waals surface area contributed by atoms with Crippen LogP contribution in [0.2, 0.25) is 0 Å². The number of hydrogen-bond donors (Lipinski definition) is 2. The van der Waals surface area contributed by atoms with Crippen molar-refractivity contribution in [2.45, 2.75) is 18.9 Å². The maximum atomic E-state index is 13.1. The molecule has 0 aliphatic carbocycles. The van der Waals surface area contributed by atoms with Gasteiger partial charge in [0, 0.05) is 49.0 Å². The van der Waals surface area contributed by atoms with Gasteiger partial charge in [-0.2, -0.15) is 5.26 Å². The van der Waals surface area contributed by atoms with Gasteiger partial charge in [0.05, 0.1) is 24.7 Å². The Balaban J connectivity index is 1.56. The van der Waals surface area contributed by atoms with Crippen LogP contribution in [0.5, 0.6) is 5.75 Å². The number of quaternary nitrogens is 1. The third-order valence-electron chi connectivity index (χ3n) is 6.09. The molecule has 7 heteroatoms. The van der Waals surface area contributed by atoms with Crippen molar-refractivity contribution < 1.29 is 9.38 Å². The van der Waals surface area contributed by atoms with Crippen LogP contribution in [0.3, 0.4) is 0 Å². The maximum absolute atomic E-state index is 13.1. The maximum Gasteiger partial charge on any atom is 0.129 e. The lowest BCUT2D eigenvalue weighted by Gasteiger charge is -2.47. The highest BCUT2D eigenvalue weighted by Gasteiger charge is 2.29. The number of aromatic nitrogens is 1. The SMILES string of the molecule is N#Cc1cccc(-c2cc(OC3CC[N+]([O-])(C/C(C=N)=C/CN)CC3)c3cnccc3c2)c1. The summed E-state index contributed by atoms with van der Waals surface area (Å²) in [6, 6.07) is 15.7. The molecule has 3 aromatic rings. The number of rotatable bonds is 7. The first-order valence-electron chi connectivity index (χ1n) is 11.1. The van der Waals surface area contributed by atoms with E-state index in [-0.39, 0.29) is 17.3 Å². The molecular formula is C26H27N5O2. The number of hydrogen-bond acceptors (Lipinski definition) is 6. The molecule has 0 radical (unpaired) electrons. The lowest BCUT2D eigenvalue weighted by atomic mass is 9.99. The fraction of sp³-hybridized carbons (Fsp3) is 0.269. The van der Waals surface area contributed by atoms with Gasteiger partial charge < -0.3 is 25.7 Å². The number of piperidine rings is 1. The molecule has 1 fully saturated rings. The summed E-state index contributed by atoms with van der Waals surface area (Å²) in [4.78, 5) is 4.27. The minimum absolute atomic E-state index is 0.0729. The molecule has 168 valence electrons. The fourth-order valence-corrected chi connectivity index (χ4v) is 4.32. The summed E-state index contributed by atoms with van der Waals surface area (Å²) in [5.74, 6) is 0.733. The van der Waals surface area contributed by atoms with Crippen LogP contribution in [0.1, 0.15) is 18.4 Å². The van der Waals surface area contributed by atoms with Crippen LogP contribution in [-0.4, -0.2) is 48.1 Å². The summed E-state index contributed by atoms with van der Waals surface area (Å²) in [5.41, 5.74) is 8.74. The highest BCUT2D eigenvalue weighted by atomic mass is 16.5. The lowest BCUT2D eigenvalue weighted by molar-refractivity contribution is -0.881. The third-order valence-corrected chi connectivity index (χ3v) is 6.09. The average Bonchev–Trinajstić information content (AvgIpc) is 2.85. The number of ether oxygens (including phenoxy) is 1. The van der Waals surface area contributed by atoms with Crippen LogP contribution in [0.4, 0.5) is 0 Å².